The van der Waals surface area contributed by atoms with E-state index in [4.69, 9.17) is 4.74 Å². The maximum atomic E-state index is 13.8. The molecule has 2 aromatic rings. The van der Waals surface area contributed by atoms with Crippen LogP contribution in [0.5, 0.6) is 0 Å². The van der Waals surface area contributed by atoms with Crippen molar-refractivity contribution in [3.8, 4) is 0 Å². The van der Waals surface area contributed by atoms with Crippen molar-refractivity contribution in [2.24, 2.45) is 0 Å². The lowest BCUT2D eigenvalue weighted by atomic mass is 9.96. The highest BCUT2D eigenvalue weighted by atomic mass is 32.2. The zero-order valence-corrected chi connectivity index (χ0v) is 23.8. The van der Waals surface area contributed by atoms with E-state index in [1.165, 1.54) is 38.4 Å². The summed E-state index contributed by atoms with van der Waals surface area (Å²) in [6.45, 7) is 5.38. The van der Waals surface area contributed by atoms with Crippen molar-refractivity contribution in [2.45, 2.75) is 93.2 Å². The van der Waals surface area contributed by atoms with Crippen molar-refractivity contribution in [3.05, 3.63) is 59.7 Å². The van der Waals surface area contributed by atoms with Crippen LogP contribution < -0.4 is 0 Å². The van der Waals surface area contributed by atoms with Crippen LogP contribution in [0.4, 0.5) is 0 Å². The third-order valence-corrected chi connectivity index (χ3v) is 11.4. The van der Waals surface area contributed by atoms with Gasteiger partial charge in [-0.25, -0.2) is 16.8 Å². The van der Waals surface area contributed by atoms with Crippen LogP contribution in [0.15, 0.2) is 58.3 Å². The quantitative estimate of drug-likeness (QED) is 0.411. The molecule has 0 amide bonds. The van der Waals surface area contributed by atoms with E-state index in [9.17, 15) is 16.8 Å². The highest BCUT2D eigenvalue weighted by Gasteiger charge is 2.32. The van der Waals surface area contributed by atoms with Gasteiger partial charge >= 0.3 is 0 Å². The Morgan fingerprint density at radius 1 is 0.811 bits per heavy atom. The second-order valence-corrected chi connectivity index (χ2v) is 14.5. The molecule has 0 aromatic heterocycles. The van der Waals surface area contributed by atoms with E-state index in [1.54, 1.807) is 7.05 Å². The molecule has 0 N–H and O–H groups in total. The van der Waals surface area contributed by atoms with Gasteiger partial charge in [0.05, 0.1) is 15.9 Å². The smallest absolute Gasteiger partial charge is 0.243 e. The summed E-state index contributed by atoms with van der Waals surface area (Å²) in [5.41, 5.74) is 2.10. The normalized spacial score (nSPS) is 19.8. The Morgan fingerprint density at radius 2 is 1.41 bits per heavy atom. The molecular formula is C28H40N2O5S2. The molecule has 1 saturated heterocycles. The summed E-state index contributed by atoms with van der Waals surface area (Å²) in [5.74, 6) is 0.396. The summed E-state index contributed by atoms with van der Waals surface area (Å²) >= 11 is 0. The van der Waals surface area contributed by atoms with Gasteiger partial charge in [0.1, 0.15) is 0 Å². The van der Waals surface area contributed by atoms with E-state index in [-0.39, 0.29) is 35.0 Å². The first-order valence-corrected chi connectivity index (χ1v) is 16.3. The predicted octanol–water partition coefficient (Wildman–Crippen LogP) is 5.13. The summed E-state index contributed by atoms with van der Waals surface area (Å²) in [6, 6.07) is 13.7. The highest BCUT2D eigenvalue weighted by molar-refractivity contribution is 7.89. The Morgan fingerprint density at radius 3 is 1.95 bits per heavy atom. The van der Waals surface area contributed by atoms with Crippen LogP contribution in [0, 0.1) is 0 Å². The summed E-state index contributed by atoms with van der Waals surface area (Å²) in [4.78, 5) is 0.207. The van der Waals surface area contributed by atoms with Gasteiger partial charge in [-0.15, -0.1) is 0 Å². The average molecular weight is 549 g/mol. The summed E-state index contributed by atoms with van der Waals surface area (Å²) in [5, 5.41) is 0. The zero-order chi connectivity index (χ0) is 26.6. The molecule has 204 valence electrons. The van der Waals surface area contributed by atoms with Crippen LogP contribution in [0.3, 0.4) is 0 Å². The Kier molecular flexibility index (Phi) is 9.12. The van der Waals surface area contributed by atoms with Crippen molar-refractivity contribution in [1.82, 2.24) is 8.61 Å². The summed E-state index contributed by atoms with van der Waals surface area (Å²) < 4.78 is 62.6. The van der Waals surface area contributed by atoms with Gasteiger partial charge in [0.15, 0.2) is 0 Å². The minimum absolute atomic E-state index is 0.00820. The number of nitrogens with zero attached hydrogens (tertiary/aromatic N) is 2. The molecule has 9 heteroatoms. The molecule has 0 unspecified atom stereocenters. The summed E-state index contributed by atoms with van der Waals surface area (Å²) in [6.07, 6.45) is 6.52. The number of benzene rings is 2. The van der Waals surface area contributed by atoms with Gasteiger partial charge in [0.25, 0.3) is 0 Å². The molecule has 1 aliphatic heterocycles. The minimum atomic E-state index is -3.87. The minimum Gasteiger partial charge on any atom is -0.377 e. The van der Waals surface area contributed by atoms with Crippen molar-refractivity contribution in [3.63, 3.8) is 0 Å². The lowest BCUT2D eigenvalue weighted by Gasteiger charge is -2.30. The standard InChI is InChI=1S/C28H40N2O5S2/c1-22(2)24-13-11-23(12-14-24)20-30(21-26-10-7-19-35-26)37(33,34)28-17-15-27(16-18-28)36(31,32)29(3)25-8-5-4-6-9-25/h11-18,22,25-26H,4-10,19-21H2,1-3H3/t26-/m1/s1. The van der Waals surface area contributed by atoms with Gasteiger partial charge in [-0.2, -0.15) is 8.61 Å². The van der Waals surface area contributed by atoms with Crippen LogP contribution in [-0.4, -0.2) is 57.8 Å². The Hall–Kier alpha value is -1.78. The monoisotopic (exact) mass is 548 g/mol. The van der Waals surface area contributed by atoms with Crippen molar-refractivity contribution < 1.29 is 21.6 Å². The van der Waals surface area contributed by atoms with Crippen molar-refractivity contribution >= 4 is 20.0 Å². The van der Waals surface area contributed by atoms with E-state index in [1.807, 2.05) is 24.3 Å². The van der Waals surface area contributed by atoms with Gasteiger partial charge in [-0.05, 0) is 67.0 Å². The van der Waals surface area contributed by atoms with Crippen molar-refractivity contribution in [2.75, 3.05) is 20.2 Å². The van der Waals surface area contributed by atoms with E-state index >= 15 is 0 Å². The fourth-order valence-corrected chi connectivity index (χ4v) is 8.09. The molecule has 0 radical (unpaired) electrons. The van der Waals surface area contributed by atoms with Crippen LogP contribution in [0.25, 0.3) is 0 Å². The first-order chi connectivity index (χ1) is 17.6. The lowest BCUT2D eigenvalue weighted by Crippen LogP contribution is -2.38. The number of ether oxygens (including phenoxy) is 1. The first kappa shape index (κ1) is 28.2. The topological polar surface area (TPSA) is 84.0 Å². The molecule has 1 heterocycles. The highest BCUT2D eigenvalue weighted by Crippen LogP contribution is 2.28. The van der Waals surface area contributed by atoms with Crippen LogP contribution in [0.1, 0.15) is 75.8 Å². The molecule has 37 heavy (non-hydrogen) atoms. The summed E-state index contributed by atoms with van der Waals surface area (Å²) in [7, 11) is -5.94. The second kappa shape index (κ2) is 11.9. The average Bonchev–Trinajstić information content (AvgIpc) is 3.42. The molecule has 2 aromatic carbocycles. The maximum Gasteiger partial charge on any atom is 0.243 e. The van der Waals surface area contributed by atoms with E-state index < -0.39 is 20.0 Å². The predicted molar refractivity (Wildman–Crippen MR) is 145 cm³/mol. The van der Waals surface area contributed by atoms with Gasteiger partial charge in [-0.1, -0.05) is 57.4 Å². The van der Waals surface area contributed by atoms with E-state index in [0.717, 1.165) is 50.5 Å². The fourth-order valence-electron chi connectivity index (χ4n) is 5.21. The van der Waals surface area contributed by atoms with Crippen LogP contribution >= 0.6 is 0 Å². The third-order valence-electron chi connectivity index (χ3n) is 7.66. The number of sulfonamides is 2. The third kappa shape index (κ3) is 6.63. The molecule has 1 atom stereocenters. The number of rotatable bonds is 10. The molecule has 0 spiro atoms. The largest absolute Gasteiger partial charge is 0.377 e. The van der Waals surface area contributed by atoms with Gasteiger partial charge in [-0.3, -0.25) is 0 Å². The molecule has 1 aliphatic carbocycles. The molecule has 7 nitrogen and oxygen atoms in total. The second-order valence-electron chi connectivity index (χ2n) is 10.6. The Labute approximate surface area is 222 Å². The maximum absolute atomic E-state index is 13.8. The molecular weight excluding hydrogens is 508 g/mol. The fraction of sp³-hybridized carbons (Fsp3) is 0.571. The van der Waals surface area contributed by atoms with Crippen LogP contribution in [-0.2, 0) is 31.3 Å². The Bertz CT molecular complexity index is 1230. The lowest BCUT2D eigenvalue weighted by molar-refractivity contribution is 0.0926. The molecule has 0 bridgehead atoms. The Balaban J connectivity index is 1.56. The molecule has 2 fully saturated rings. The molecule has 2 aliphatic rings. The van der Waals surface area contributed by atoms with Gasteiger partial charge in [0, 0.05) is 32.8 Å². The molecule has 4 rings (SSSR count). The molecule has 1 saturated carbocycles. The van der Waals surface area contributed by atoms with E-state index in [0.29, 0.717) is 12.5 Å². The van der Waals surface area contributed by atoms with Crippen molar-refractivity contribution in [1.29, 1.82) is 0 Å². The zero-order valence-electron chi connectivity index (χ0n) is 22.2. The number of hydrogen-bond donors (Lipinski definition) is 0. The number of hydrogen-bond acceptors (Lipinski definition) is 5. The first-order valence-electron chi connectivity index (χ1n) is 13.4. The van der Waals surface area contributed by atoms with Crippen LogP contribution in [0.2, 0.25) is 0 Å². The van der Waals surface area contributed by atoms with E-state index in [2.05, 4.69) is 13.8 Å². The van der Waals surface area contributed by atoms with Gasteiger partial charge in [0.2, 0.25) is 20.0 Å². The van der Waals surface area contributed by atoms with Gasteiger partial charge < -0.3 is 4.74 Å². The SMILES string of the molecule is CC(C)c1ccc(CN(C[C@H]2CCCO2)S(=O)(=O)c2ccc(S(=O)(=O)N(C)C3CCCCC3)cc2)cc1.